The van der Waals surface area contributed by atoms with Gasteiger partial charge in [-0.05, 0) is 58.3 Å². The van der Waals surface area contributed by atoms with Gasteiger partial charge < -0.3 is 20.1 Å². The maximum atomic E-state index is 10.9. The number of carboxylic acid groups (broad SMARTS) is 1. The van der Waals surface area contributed by atoms with E-state index in [2.05, 4.69) is 6.08 Å². The van der Waals surface area contributed by atoms with Crippen molar-refractivity contribution in [1.82, 2.24) is 0 Å². The second-order valence-corrected chi connectivity index (χ2v) is 7.52. The van der Waals surface area contributed by atoms with Crippen LogP contribution in [0.25, 0.3) is 0 Å². The Kier molecular flexibility index (Phi) is 12.3. The van der Waals surface area contributed by atoms with Gasteiger partial charge in [0.15, 0.2) is 0 Å². The van der Waals surface area contributed by atoms with Crippen LogP contribution < -0.4 is 0 Å². The molecule has 156 valence electrons. The van der Waals surface area contributed by atoms with E-state index >= 15 is 0 Å². The quantitative estimate of drug-likeness (QED) is 0.291. The fraction of sp³-hybridized carbons (Fsp3) is 0.773. The molecule has 0 radical (unpaired) electrons. The minimum atomic E-state index is -0.892. The summed E-state index contributed by atoms with van der Waals surface area (Å²) in [6.45, 7) is 3.64. The number of aliphatic hydroxyl groups excluding tert-OH is 1. The maximum Gasteiger partial charge on any atom is 0.303 e. The predicted octanol–water partition coefficient (Wildman–Crippen LogP) is 4.23. The number of hydrogen-bond acceptors (Lipinski definition) is 4. The zero-order valence-corrected chi connectivity index (χ0v) is 16.8. The monoisotopic (exact) mass is 382 g/mol. The van der Waals surface area contributed by atoms with Crippen LogP contribution in [0.1, 0.15) is 77.6 Å². The summed E-state index contributed by atoms with van der Waals surface area (Å²) in [5.74, 6) is -1.00. The van der Waals surface area contributed by atoms with E-state index in [9.17, 15) is 15.0 Å². The molecule has 0 aliphatic heterocycles. The van der Waals surface area contributed by atoms with Gasteiger partial charge in [-0.1, -0.05) is 37.1 Å². The number of carbonyl (C=O) groups is 1. The summed E-state index contributed by atoms with van der Waals surface area (Å²) < 4.78 is 5.33. The molecule has 0 saturated heterocycles. The fourth-order valence-corrected chi connectivity index (χ4v) is 3.63. The average molecular weight is 383 g/mol. The van der Waals surface area contributed by atoms with Crippen LogP contribution in [-0.4, -0.2) is 46.2 Å². The summed E-state index contributed by atoms with van der Waals surface area (Å²) in [5.41, 5.74) is -0.892. The van der Waals surface area contributed by atoms with E-state index < -0.39 is 17.7 Å². The number of aliphatic carboxylic acids is 1. The molecule has 27 heavy (non-hydrogen) atoms. The summed E-state index contributed by atoms with van der Waals surface area (Å²) in [6.07, 6.45) is 16.2. The highest BCUT2D eigenvalue weighted by molar-refractivity contribution is 5.66. The Morgan fingerprint density at radius 3 is 2.59 bits per heavy atom. The molecule has 5 nitrogen and oxygen atoms in total. The summed E-state index contributed by atoms with van der Waals surface area (Å²) in [5, 5.41) is 29.8. The first-order valence-electron chi connectivity index (χ1n) is 10.5. The number of unbranched alkanes of at least 4 members (excludes halogenated alkanes) is 5. The molecule has 1 aliphatic carbocycles. The molecule has 0 amide bonds. The van der Waals surface area contributed by atoms with Crippen molar-refractivity contribution in [3.05, 3.63) is 24.3 Å². The highest BCUT2D eigenvalue weighted by Crippen LogP contribution is 2.39. The van der Waals surface area contributed by atoms with E-state index in [0.717, 1.165) is 32.5 Å². The fourth-order valence-electron chi connectivity index (χ4n) is 3.63. The standard InChI is InChI=1S/C22H38O5/c1-2-27-18-12-8-4-3-5-9-13-19-20(23)15-17-22(19,26)16-11-7-6-10-14-21(24)25/h7,9,11,13,19-20,23,26H,2-6,8,10,12,14-18H2,1H3,(H,24,25)/t19-,20+,22?/m1/s1. The van der Waals surface area contributed by atoms with Crippen molar-refractivity contribution in [3.63, 3.8) is 0 Å². The number of rotatable bonds is 15. The van der Waals surface area contributed by atoms with Gasteiger partial charge in [-0.25, -0.2) is 0 Å². The van der Waals surface area contributed by atoms with E-state index in [1.807, 2.05) is 25.2 Å². The van der Waals surface area contributed by atoms with E-state index in [1.54, 1.807) is 0 Å². The van der Waals surface area contributed by atoms with Crippen LogP contribution in [0.15, 0.2) is 24.3 Å². The van der Waals surface area contributed by atoms with Crippen LogP contribution in [0, 0.1) is 5.92 Å². The summed E-state index contributed by atoms with van der Waals surface area (Å²) in [6, 6.07) is 0. The van der Waals surface area contributed by atoms with Gasteiger partial charge in [-0.2, -0.15) is 0 Å². The first kappa shape index (κ1) is 23.9. The van der Waals surface area contributed by atoms with E-state index in [4.69, 9.17) is 9.84 Å². The zero-order valence-electron chi connectivity index (χ0n) is 16.8. The SMILES string of the molecule is CCOCCCCCCC=C[C@@H]1[C@@H](O)CCC1(O)CC=CCCCC(=O)O. The molecule has 0 bridgehead atoms. The molecule has 1 rings (SSSR count). The van der Waals surface area contributed by atoms with Gasteiger partial charge in [-0.3, -0.25) is 4.79 Å². The highest BCUT2D eigenvalue weighted by Gasteiger charge is 2.44. The molecule has 0 spiro atoms. The lowest BCUT2D eigenvalue weighted by molar-refractivity contribution is -0.137. The van der Waals surface area contributed by atoms with Gasteiger partial charge in [0.05, 0.1) is 11.7 Å². The molecule has 1 aliphatic rings. The third-order valence-electron chi connectivity index (χ3n) is 5.26. The van der Waals surface area contributed by atoms with Gasteiger partial charge in [0.2, 0.25) is 0 Å². The van der Waals surface area contributed by atoms with Crippen LogP contribution in [0.2, 0.25) is 0 Å². The molecule has 5 heteroatoms. The molecule has 3 N–H and O–H groups in total. The van der Waals surface area contributed by atoms with E-state index in [0.29, 0.717) is 32.1 Å². The first-order chi connectivity index (χ1) is 13.0. The van der Waals surface area contributed by atoms with Crippen molar-refractivity contribution in [3.8, 4) is 0 Å². The minimum absolute atomic E-state index is 0.171. The average Bonchev–Trinajstić information content (AvgIpc) is 2.91. The maximum absolute atomic E-state index is 10.9. The second kappa shape index (κ2) is 13.9. The van der Waals surface area contributed by atoms with Crippen molar-refractivity contribution >= 4 is 5.97 Å². The van der Waals surface area contributed by atoms with Gasteiger partial charge in [0.25, 0.3) is 0 Å². The number of ether oxygens (including phenoxy) is 1. The Morgan fingerprint density at radius 1 is 1.11 bits per heavy atom. The number of hydrogen-bond donors (Lipinski definition) is 3. The van der Waals surface area contributed by atoms with Crippen molar-refractivity contribution < 1.29 is 24.9 Å². The molecule has 0 aromatic carbocycles. The lowest BCUT2D eigenvalue weighted by Gasteiger charge is -2.28. The summed E-state index contributed by atoms with van der Waals surface area (Å²) in [7, 11) is 0. The van der Waals surface area contributed by atoms with Crippen LogP contribution >= 0.6 is 0 Å². The van der Waals surface area contributed by atoms with Crippen LogP contribution in [0.3, 0.4) is 0 Å². The molecular weight excluding hydrogens is 344 g/mol. The van der Waals surface area contributed by atoms with Crippen molar-refractivity contribution in [2.45, 2.75) is 89.3 Å². The van der Waals surface area contributed by atoms with Crippen molar-refractivity contribution in [2.24, 2.45) is 5.92 Å². The smallest absolute Gasteiger partial charge is 0.303 e. The lowest BCUT2D eigenvalue weighted by atomic mass is 9.86. The van der Waals surface area contributed by atoms with Gasteiger partial charge in [0, 0.05) is 25.6 Å². The molecule has 1 saturated carbocycles. The molecule has 0 aromatic rings. The molecule has 1 unspecified atom stereocenters. The zero-order chi connectivity index (χ0) is 20.0. The van der Waals surface area contributed by atoms with E-state index in [-0.39, 0.29) is 12.3 Å². The first-order valence-corrected chi connectivity index (χ1v) is 10.5. The lowest BCUT2D eigenvalue weighted by Crippen LogP contribution is -2.35. The van der Waals surface area contributed by atoms with Gasteiger partial charge in [0.1, 0.15) is 0 Å². The number of allylic oxidation sites excluding steroid dienone is 2. The molecule has 0 aromatic heterocycles. The van der Waals surface area contributed by atoms with Crippen LogP contribution in [0.4, 0.5) is 0 Å². The molecule has 0 heterocycles. The number of carboxylic acids is 1. The van der Waals surface area contributed by atoms with Gasteiger partial charge >= 0.3 is 5.97 Å². The topological polar surface area (TPSA) is 87.0 Å². The van der Waals surface area contributed by atoms with Crippen LogP contribution in [-0.2, 0) is 9.53 Å². The Bertz CT molecular complexity index is 460. The summed E-state index contributed by atoms with van der Waals surface area (Å²) >= 11 is 0. The number of aliphatic hydroxyl groups is 2. The van der Waals surface area contributed by atoms with Crippen LogP contribution in [0.5, 0.6) is 0 Å². The third kappa shape index (κ3) is 10.1. The normalized spacial score (nSPS) is 25.7. The highest BCUT2D eigenvalue weighted by atomic mass is 16.5. The Balaban J connectivity index is 2.29. The molecule has 3 atom stereocenters. The minimum Gasteiger partial charge on any atom is -0.481 e. The van der Waals surface area contributed by atoms with Crippen molar-refractivity contribution in [2.75, 3.05) is 13.2 Å². The Morgan fingerprint density at radius 2 is 1.85 bits per heavy atom. The Labute approximate surface area is 164 Å². The Hall–Kier alpha value is -1.17. The molecule has 1 fully saturated rings. The largest absolute Gasteiger partial charge is 0.481 e. The summed E-state index contributed by atoms with van der Waals surface area (Å²) in [4.78, 5) is 10.5. The van der Waals surface area contributed by atoms with Gasteiger partial charge in [-0.15, -0.1) is 0 Å². The van der Waals surface area contributed by atoms with E-state index in [1.165, 1.54) is 12.8 Å². The van der Waals surface area contributed by atoms with Crippen molar-refractivity contribution in [1.29, 1.82) is 0 Å². The molecular formula is C22H38O5. The third-order valence-corrected chi connectivity index (χ3v) is 5.26. The predicted molar refractivity (Wildman–Crippen MR) is 108 cm³/mol. The second-order valence-electron chi connectivity index (χ2n) is 7.52.